The number of hydrogen-bond donors (Lipinski definition) is 2. The van der Waals surface area contributed by atoms with Gasteiger partial charge in [-0.3, -0.25) is 14.6 Å². The molecule has 3 aromatic rings. The second-order valence-corrected chi connectivity index (χ2v) is 12.2. The van der Waals surface area contributed by atoms with Gasteiger partial charge in [0.1, 0.15) is 0 Å². The van der Waals surface area contributed by atoms with E-state index >= 15 is 0 Å². The molecule has 7 rings (SSSR count). The lowest BCUT2D eigenvalue weighted by Crippen LogP contribution is -2.54. The number of carbonyl (C=O) groups excluding carboxylic acids is 2. The molecule has 2 aromatic carbocycles. The third-order valence-electron chi connectivity index (χ3n) is 9.49. The average Bonchev–Trinajstić information content (AvgIpc) is 3.59. The zero-order chi connectivity index (χ0) is 27.3. The number of morpholine rings is 1. The molecule has 9 heteroatoms. The van der Waals surface area contributed by atoms with E-state index in [1.165, 1.54) is 24.8 Å². The van der Waals surface area contributed by atoms with Crippen molar-refractivity contribution >= 4 is 40.1 Å². The van der Waals surface area contributed by atoms with Gasteiger partial charge in [0, 0.05) is 48.0 Å². The minimum atomic E-state index is -0.124. The molecule has 210 valence electrons. The van der Waals surface area contributed by atoms with Crippen molar-refractivity contribution < 1.29 is 14.3 Å². The Labute approximate surface area is 239 Å². The first-order valence-corrected chi connectivity index (χ1v) is 14.9. The Morgan fingerprint density at radius 3 is 2.67 bits per heavy atom. The summed E-state index contributed by atoms with van der Waals surface area (Å²) in [5.41, 5.74) is 4.03. The molecule has 2 N–H and O–H groups in total. The van der Waals surface area contributed by atoms with E-state index in [4.69, 9.17) is 16.3 Å². The van der Waals surface area contributed by atoms with Crippen LogP contribution < -0.4 is 10.2 Å². The van der Waals surface area contributed by atoms with E-state index in [1.54, 1.807) is 12.3 Å². The fourth-order valence-electron chi connectivity index (χ4n) is 6.83. The zero-order valence-electron chi connectivity index (χ0n) is 22.7. The second kappa shape index (κ2) is 10.4. The molecule has 1 saturated carbocycles. The van der Waals surface area contributed by atoms with Crippen LogP contribution in [0.2, 0.25) is 5.02 Å². The lowest BCUT2D eigenvalue weighted by atomic mass is 9.92. The summed E-state index contributed by atoms with van der Waals surface area (Å²) in [5.74, 6) is -0.124. The van der Waals surface area contributed by atoms with E-state index in [0.717, 1.165) is 68.8 Å². The van der Waals surface area contributed by atoms with Gasteiger partial charge in [-0.2, -0.15) is 0 Å². The van der Waals surface area contributed by atoms with Crippen molar-refractivity contribution in [3.05, 3.63) is 64.8 Å². The number of hydrogen-bond acceptors (Lipinski definition) is 4. The van der Waals surface area contributed by atoms with Crippen LogP contribution in [0.4, 0.5) is 10.5 Å². The van der Waals surface area contributed by atoms with Crippen LogP contribution in [0.3, 0.4) is 0 Å². The first kappa shape index (κ1) is 25.9. The van der Waals surface area contributed by atoms with E-state index in [1.807, 2.05) is 21.9 Å². The Morgan fingerprint density at radius 2 is 1.90 bits per heavy atom. The molecular weight excluding hydrogens is 526 g/mol. The molecule has 0 unspecified atom stereocenters. The number of halogens is 1. The van der Waals surface area contributed by atoms with Gasteiger partial charge in [-0.05, 0) is 73.9 Å². The Hall–Kier alpha value is -3.07. The number of nitrogens with one attached hydrogen (secondary N) is 2. The van der Waals surface area contributed by atoms with Crippen LogP contribution in [-0.4, -0.2) is 84.7 Å². The molecule has 1 aromatic heterocycles. The number of aromatic nitrogens is 1. The van der Waals surface area contributed by atoms with Crippen molar-refractivity contribution in [1.29, 1.82) is 0 Å². The van der Waals surface area contributed by atoms with E-state index in [0.29, 0.717) is 17.1 Å². The van der Waals surface area contributed by atoms with Crippen molar-refractivity contribution in [2.45, 2.75) is 49.6 Å². The summed E-state index contributed by atoms with van der Waals surface area (Å²) in [5, 5.41) is 4.77. The third-order valence-corrected chi connectivity index (χ3v) is 9.80. The molecular formula is C31H36ClN5O3. The van der Waals surface area contributed by atoms with Gasteiger partial charge in [-0.1, -0.05) is 29.8 Å². The second-order valence-electron chi connectivity index (χ2n) is 11.8. The van der Waals surface area contributed by atoms with Gasteiger partial charge in [0.2, 0.25) is 0 Å². The van der Waals surface area contributed by atoms with E-state index < -0.39 is 0 Å². The van der Waals surface area contributed by atoms with E-state index in [9.17, 15) is 9.59 Å². The van der Waals surface area contributed by atoms with Crippen molar-refractivity contribution in [2.24, 2.45) is 0 Å². The molecule has 8 nitrogen and oxygen atoms in total. The topological polar surface area (TPSA) is 80.9 Å². The summed E-state index contributed by atoms with van der Waals surface area (Å²) in [7, 11) is 0. The third kappa shape index (κ3) is 4.76. The van der Waals surface area contributed by atoms with Crippen LogP contribution in [0.5, 0.6) is 0 Å². The summed E-state index contributed by atoms with van der Waals surface area (Å²) in [4.78, 5) is 36.1. The van der Waals surface area contributed by atoms with E-state index in [-0.39, 0.29) is 29.4 Å². The number of ether oxygens (including phenoxy) is 1. The van der Waals surface area contributed by atoms with Crippen LogP contribution in [0.1, 0.15) is 48.0 Å². The van der Waals surface area contributed by atoms with E-state index in [2.05, 4.69) is 39.5 Å². The summed E-state index contributed by atoms with van der Waals surface area (Å²) in [6.07, 6.45) is 7.11. The SMILES string of the molecule is O=C(N[C@@H]1CCCN2C(=O)N(c3ccc(C4(CCN5CCOCC5)CC4)cc3)C[C@H]12)c1ccc2c(Cl)c[nH]c2c1. The molecule has 3 saturated heterocycles. The van der Waals surface area contributed by atoms with Crippen molar-refractivity contribution in [2.75, 3.05) is 50.8 Å². The smallest absolute Gasteiger partial charge is 0.324 e. The number of urea groups is 1. The maximum Gasteiger partial charge on any atom is 0.324 e. The Bertz CT molecular complexity index is 1410. The normalized spacial score (nSPS) is 24.4. The van der Waals surface area contributed by atoms with Crippen LogP contribution in [-0.2, 0) is 10.2 Å². The van der Waals surface area contributed by atoms with Crippen molar-refractivity contribution in [3.63, 3.8) is 0 Å². The zero-order valence-corrected chi connectivity index (χ0v) is 23.5. The number of rotatable bonds is 7. The standard InChI is InChI=1S/C31H36ClN5O3/c32-25-19-33-27-18-21(3-8-24(25)27)29(38)34-26-2-1-12-36-28(26)20-37(30(36)39)23-6-4-22(5-7-23)31(9-10-31)11-13-35-14-16-40-17-15-35/h3-8,18-19,26,28,33H,1-2,9-17,20H2,(H,34,38)/t26-,28-/m1/s1. The summed E-state index contributed by atoms with van der Waals surface area (Å²) >= 11 is 6.20. The average molecular weight is 562 g/mol. The van der Waals surface area contributed by atoms with Crippen LogP contribution >= 0.6 is 11.6 Å². The number of piperidine rings is 1. The Morgan fingerprint density at radius 1 is 1.10 bits per heavy atom. The molecule has 4 aliphatic rings. The highest BCUT2D eigenvalue weighted by atomic mass is 35.5. The number of H-pyrrole nitrogens is 1. The summed E-state index contributed by atoms with van der Waals surface area (Å²) in [6, 6.07) is 14.1. The number of fused-ring (bicyclic) bond motifs is 2. The molecule has 4 heterocycles. The highest BCUT2D eigenvalue weighted by molar-refractivity contribution is 6.35. The number of aromatic amines is 1. The molecule has 3 amide bonds. The van der Waals surface area contributed by atoms with Gasteiger partial charge in [0.25, 0.3) is 5.91 Å². The van der Waals surface area contributed by atoms with Crippen molar-refractivity contribution in [3.8, 4) is 0 Å². The number of benzene rings is 2. The maximum atomic E-state index is 13.5. The lowest BCUT2D eigenvalue weighted by molar-refractivity contribution is 0.0362. The molecule has 3 aliphatic heterocycles. The predicted octanol–water partition coefficient (Wildman–Crippen LogP) is 4.78. The molecule has 1 aliphatic carbocycles. The van der Waals surface area contributed by atoms with Crippen molar-refractivity contribution in [1.82, 2.24) is 20.1 Å². The van der Waals surface area contributed by atoms with Crippen LogP contribution in [0.25, 0.3) is 10.9 Å². The lowest BCUT2D eigenvalue weighted by Gasteiger charge is -2.35. The number of carbonyl (C=O) groups is 2. The molecule has 40 heavy (non-hydrogen) atoms. The Kier molecular flexibility index (Phi) is 6.72. The predicted molar refractivity (Wildman–Crippen MR) is 156 cm³/mol. The maximum absolute atomic E-state index is 13.5. The fraction of sp³-hybridized carbons (Fsp3) is 0.484. The summed E-state index contributed by atoms with van der Waals surface area (Å²) in [6.45, 7) is 6.16. The molecule has 0 radical (unpaired) electrons. The summed E-state index contributed by atoms with van der Waals surface area (Å²) < 4.78 is 5.50. The van der Waals surface area contributed by atoms with Crippen LogP contribution in [0, 0.1) is 0 Å². The first-order valence-electron chi connectivity index (χ1n) is 14.6. The van der Waals surface area contributed by atoms with Gasteiger partial charge >= 0.3 is 6.03 Å². The fourth-order valence-corrected chi connectivity index (χ4v) is 7.05. The quantitative estimate of drug-likeness (QED) is 0.435. The largest absolute Gasteiger partial charge is 0.379 e. The van der Waals surface area contributed by atoms with Crippen LogP contribution in [0.15, 0.2) is 48.7 Å². The monoisotopic (exact) mass is 561 g/mol. The minimum absolute atomic E-state index is 0.0348. The van der Waals surface area contributed by atoms with Gasteiger partial charge in [0.05, 0.1) is 36.9 Å². The molecule has 2 atom stereocenters. The highest BCUT2D eigenvalue weighted by Gasteiger charge is 2.46. The van der Waals surface area contributed by atoms with Gasteiger partial charge in [-0.15, -0.1) is 0 Å². The molecule has 0 bridgehead atoms. The number of nitrogens with zero attached hydrogens (tertiary/aromatic N) is 3. The molecule has 4 fully saturated rings. The number of amides is 3. The number of anilines is 1. The van der Waals surface area contributed by atoms with Gasteiger partial charge < -0.3 is 19.9 Å². The molecule has 0 spiro atoms. The minimum Gasteiger partial charge on any atom is -0.379 e. The highest BCUT2D eigenvalue weighted by Crippen LogP contribution is 2.51. The van der Waals surface area contributed by atoms with Gasteiger partial charge in [0.15, 0.2) is 0 Å². The Balaban J connectivity index is 1.02. The van der Waals surface area contributed by atoms with Gasteiger partial charge in [-0.25, -0.2) is 4.79 Å². The first-order chi connectivity index (χ1) is 19.5.